The van der Waals surface area contributed by atoms with Crippen LogP contribution in [0.3, 0.4) is 0 Å². The summed E-state index contributed by atoms with van der Waals surface area (Å²) in [6.45, 7) is 3.94. The SMILES string of the molecule is C=CCOc1ccc(C(=O)OCCC2CC2(F)F)cc1. The fraction of sp³-hybridized carbons (Fsp3) is 0.400. The predicted molar refractivity (Wildman–Crippen MR) is 70.1 cm³/mol. The average Bonchev–Trinajstić information content (AvgIpc) is 3.04. The molecule has 0 spiro atoms. The summed E-state index contributed by atoms with van der Waals surface area (Å²) in [6.07, 6.45) is 1.73. The van der Waals surface area contributed by atoms with Crippen LogP contribution in [0.1, 0.15) is 23.2 Å². The number of esters is 1. The predicted octanol–water partition coefficient (Wildman–Crippen LogP) is 3.45. The van der Waals surface area contributed by atoms with Gasteiger partial charge in [-0.2, -0.15) is 0 Å². The molecule has 108 valence electrons. The van der Waals surface area contributed by atoms with E-state index in [2.05, 4.69) is 6.58 Å². The summed E-state index contributed by atoms with van der Waals surface area (Å²) in [5, 5.41) is 0. The Hall–Kier alpha value is -1.91. The lowest BCUT2D eigenvalue weighted by atomic mass is 10.2. The number of hydrogen-bond acceptors (Lipinski definition) is 3. The van der Waals surface area contributed by atoms with Gasteiger partial charge in [0.15, 0.2) is 0 Å². The highest BCUT2D eigenvalue weighted by molar-refractivity contribution is 5.89. The summed E-state index contributed by atoms with van der Waals surface area (Å²) in [5.41, 5.74) is 0.374. The molecule has 1 aliphatic carbocycles. The number of carbonyl (C=O) groups excluding carboxylic acids is 1. The fourth-order valence-corrected chi connectivity index (χ4v) is 1.80. The van der Waals surface area contributed by atoms with Crippen molar-refractivity contribution in [2.45, 2.75) is 18.8 Å². The van der Waals surface area contributed by atoms with Crippen LogP contribution >= 0.6 is 0 Å². The van der Waals surface area contributed by atoms with Crippen LogP contribution in [0.5, 0.6) is 5.75 Å². The third-order valence-electron chi connectivity index (χ3n) is 3.11. The Morgan fingerprint density at radius 2 is 2.05 bits per heavy atom. The van der Waals surface area contributed by atoms with Crippen molar-refractivity contribution in [1.29, 1.82) is 0 Å². The van der Waals surface area contributed by atoms with Crippen molar-refractivity contribution >= 4 is 5.97 Å². The molecule has 0 aliphatic heterocycles. The van der Waals surface area contributed by atoms with Crippen molar-refractivity contribution in [3.63, 3.8) is 0 Å². The van der Waals surface area contributed by atoms with E-state index in [1.54, 1.807) is 30.3 Å². The lowest BCUT2D eigenvalue weighted by Crippen LogP contribution is -2.08. The first kappa shape index (κ1) is 14.5. The first-order valence-corrected chi connectivity index (χ1v) is 6.41. The van der Waals surface area contributed by atoms with Gasteiger partial charge in [-0.05, 0) is 30.7 Å². The van der Waals surface area contributed by atoms with Crippen molar-refractivity contribution < 1.29 is 23.0 Å². The molecule has 5 heteroatoms. The van der Waals surface area contributed by atoms with Crippen LogP contribution < -0.4 is 4.74 Å². The second-order valence-corrected chi connectivity index (χ2v) is 4.71. The molecule has 1 atom stereocenters. The molecule has 0 saturated heterocycles. The highest BCUT2D eigenvalue weighted by atomic mass is 19.3. The lowest BCUT2D eigenvalue weighted by molar-refractivity contribution is 0.0452. The molecule has 0 heterocycles. The molecule has 1 saturated carbocycles. The second-order valence-electron chi connectivity index (χ2n) is 4.71. The standard InChI is InChI=1S/C15H16F2O3/c1-2-8-19-13-5-3-11(4-6-13)14(18)20-9-7-12-10-15(12,16)17/h2-6,12H,1,7-10H2. The molecule has 0 N–H and O–H groups in total. The van der Waals surface area contributed by atoms with Crippen LogP contribution in [0.15, 0.2) is 36.9 Å². The zero-order valence-electron chi connectivity index (χ0n) is 11.0. The molecule has 1 aromatic rings. The topological polar surface area (TPSA) is 35.5 Å². The second kappa shape index (κ2) is 6.03. The van der Waals surface area contributed by atoms with E-state index in [0.717, 1.165) is 0 Å². The molecule has 1 unspecified atom stereocenters. The van der Waals surface area contributed by atoms with Gasteiger partial charge in [0.25, 0.3) is 5.92 Å². The van der Waals surface area contributed by atoms with E-state index >= 15 is 0 Å². The maximum atomic E-state index is 12.6. The minimum Gasteiger partial charge on any atom is -0.490 e. The molecular formula is C15H16F2O3. The fourth-order valence-electron chi connectivity index (χ4n) is 1.80. The molecular weight excluding hydrogens is 266 g/mol. The number of benzene rings is 1. The third kappa shape index (κ3) is 3.79. The summed E-state index contributed by atoms with van der Waals surface area (Å²) in [4.78, 5) is 11.7. The molecule has 0 bridgehead atoms. The maximum Gasteiger partial charge on any atom is 0.338 e. The molecule has 0 aromatic heterocycles. The maximum absolute atomic E-state index is 12.6. The zero-order chi connectivity index (χ0) is 14.6. The van der Waals surface area contributed by atoms with Gasteiger partial charge in [-0.1, -0.05) is 12.7 Å². The van der Waals surface area contributed by atoms with Crippen LogP contribution in [0, 0.1) is 5.92 Å². The van der Waals surface area contributed by atoms with Gasteiger partial charge in [0.1, 0.15) is 12.4 Å². The molecule has 1 fully saturated rings. The Labute approximate surface area is 116 Å². The molecule has 3 nitrogen and oxygen atoms in total. The van der Waals surface area contributed by atoms with Crippen LogP contribution in [-0.2, 0) is 4.74 Å². The summed E-state index contributed by atoms with van der Waals surface area (Å²) < 4.78 is 35.5. The van der Waals surface area contributed by atoms with Crippen LogP contribution in [0.4, 0.5) is 8.78 Å². The Morgan fingerprint density at radius 3 is 2.60 bits per heavy atom. The molecule has 1 aliphatic rings. The number of halogens is 2. The van der Waals surface area contributed by atoms with Crippen molar-refractivity contribution in [2.75, 3.05) is 13.2 Å². The number of hydrogen-bond donors (Lipinski definition) is 0. The van der Waals surface area contributed by atoms with E-state index < -0.39 is 17.8 Å². The Morgan fingerprint density at radius 1 is 1.40 bits per heavy atom. The van der Waals surface area contributed by atoms with Gasteiger partial charge < -0.3 is 9.47 Å². The summed E-state index contributed by atoms with van der Waals surface area (Å²) in [7, 11) is 0. The summed E-state index contributed by atoms with van der Waals surface area (Å²) in [6, 6.07) is 6.45. The van der Waals surface area contributed by atoms with Crippen LogP contribution in [0.25, 0.3) is 0 Å². The Kier molecular flexibility index (Phi) is 4.37. The first-order chi connectivity index (χ1) is 9.53. The largest absolute Gasteiger partial charge is 0.490 e. The van der Waals surface area contributed by atoms with E-state index in [0.29, 0.717) is 17.9 Å². The molecule has 2 rings (SSSR count). The number of rotatable bonds is 7. The van der Waals surface area contributed by atoms with Crippen molar-refractivity contribution in [2.24, 2.45) is 5.92 Å². The smallest absolute Gasteiger partial charge is 0.338 e. The van der Waals surface area contributed by atoms with E-state index in [-0.39, 0.29) is 19.4 Å². The minimum atomic E-state index is -2.56. The van der Waals surface area contributed by atoms with Gasteiger partial charge >= 0.3 is 5.97 Å². The molecule has 0 amide bonds. The van der Waals surface area contributed by atoms with E-state index in [4.69, 9.17) is 9.47 Å². The quantitative estimate of drug-likeness (QED) is 0.567. The van der Waals surface area contributed by atoms with Crippen LogP contribution in [-0.4, -0.2) is 25.1 Å². The molecule has 1 aromatic carbocycles. The van der Waals surface area contributed by atoms with Crippen molar-refractivity contribution in [1.82, 2.24) is 0 Å². The van der Waals surface area contributed by atoms with Gasteiger partial charge in [0.05, 0.1) is 12.2 Å². The van der Waals surface area contributed by atoms with Gasteiger partial charge in [-0.3, -0.25) is 0 Å². The van der Waals surface area contributed by atoms with Crippen molar-refractivity contribution in [3.8, 4) is 5.75 Å². The summed E-state index contributed by atoms with van der Waals surface area (Å²) in [5.74, 6) is -3.08. The van der Waals surface area contributed by atoms with Crippen LogP contribution in [0.2, 0.25) is 0 Å². The van der Waals surface area contributed by atoms with Gasteiger partial charge in [-0.25, -0.2) is 13.6 Å². The van der Waals surface area contributed by atoms with Gasteiger partial charge in [0, 0.05) is 12.3 Å². The average molecular weight is 282 g/mol. The van der Waals surface area contributed by atoms with Gasteiger partial charge in [0.2, 0.25) is 0 Å². The normalized spacial score (nSPS) is 19.2. The Balaban J connectivity index is 1.76. The highest BCUT2D eigenvalue weighted by Gasteiger charge is 2.56. The highest BCUT2D eigenvalue weighted by Crippen LogP contribution is 2.50. The summed E-state index contributed by atoms with van der Waals surface area (Å²) >= 11 is 0. The molecule has 20 heavy (non-hydrogen) atoms. The number of carbonyl (C=O) groups is 1. The zero-order valence-corrected chi connectivity index (χ0v) is 11.0. The van der Waals surface area contributed by atoms with Crippen molar-refractivity contribution in [3.05, 3.63) is 42.5 Å². The van der Waals surface area contributed by atoms with E-state index in [1.165, 1.54) is 0 Å². The third-order valence-corrected chi connectivity index (χ3v) is 3.11. The van der Waals surface area contributed by atoms with E-state index in [9.17, 15) is 13.6 Å². The number of ether oxygens (including phenoxy) is 2. The lowest BCUT2D eigenvalue weighted by Gasteiger charge is -2.06. The number of alkyl halides is 2. The van der Waals surface area contributed by atoms with E-state index in [1.807, 2.05) is 0 Å². The first-order valence-electron chi connectivity index (χ1n) is 6.41. The monoisotopic (exact) mass is 282 g/mol. The Bertz CT molecular complexity index is 482. The minimum absolute atomic E-state index is 0.0216. The van der Waals surface area contributed by atoms with Gasteiger partial charge in [-0.15, -0.1) is 0 Å². The molecule has 0 radical (unpaired) electrons.